The Morgan fingerprint density at radius 3 is 2.67 bits per heavy atom. The van der Waals surface area contributed by atoms with Gasteiger partial charge in [0.2, 0.25) is 0 Å². The molecular formula is C22H27N5O3. The third-order valence-electron chi connectivity index (χ3n) is 5.14. The van der Waals surface area contributed by atoms with Crippen molar-refractivity contribution in [1.29, 1.82) is 0 Å². The largest absolute Gasteiger partial charge is 0.376 e. The van der Waals surface area contributed by atoms with E-state index in [0.29, 0.717) is 5.56 Å². The maximum atomic E-state index is 12.2. The number of piperidine rings is 1. The van der Waals surface area contributed by atoms with Crippen LogP contribution in [0.3, 0.4) is 0 Å². The molecule has 0 saturated carbocycles. The number of hydrazone groups is 1. The van der Waals surface area contributed by atoms with E-state index in [2.05, 4.69) is 20.7 Å². The fraction of sp³-hybridized carbons (Fsp3) is 0.364. The van der Waals surface area contributed by atoms with Gasteiger partial charge in [0.25, 0.3) is 11.6 Å². The molecule has 1 saturated heterocycles. The van der Waals surface area contributed by atoms with Crippen LogP contribution in [-0.2, 0) is 4.79 Å². The highest BCUT2D eigenvalue weighted by atomic mass is 16.6. The molecule has 158 valence electrons. The maximum Gasteiger partial charge on any atom is 0.270 e. The number of nitrogens with zero attached hydrogens (tertiary/aromatic N) is 3. The van der Waals surface area contributed by atoms with E-state index >= 15 is 0 Å². The lowest BCUT2D eigenvalue weighted by Gasteiger charge is -2.29. The highest BCUT2D eigenvalue weighted by molar-refractivity contribution is 5.90. The van der Waals surface area contributed by atoms with E-state index in [1.807, 2.05) is 32.0 Å². The van der Waals surface area contributed by atoms with Gasteiger partial charge < -0.3 is 10.2 Å². The number of nitrogens with one attached hydrogen (secondary N) is 2. The van der Waals surface area contributed by atoms with Crippen molar-refractivity contribution < 1.29 is 9.72 Å². The van der Waals surface area contributed by atoms with Gasteiger partial charge in [0.05, 0.1) is 17.7 Å². The standard InChI is InChI=1S/C22H27N5O3/c1-16-6-7-17(2)20(12-16)23-15-22(28)25-24-14-18-13-19(27(29)30)8-9-21(18)26-10-4-3-5-11-26/h6-9,12-14,23H,3-5,10-11,15H2,1-2H3,(H,25,28)/b24-14+. The Kier molecular flexibility index (Phi) is 7.00. The second kappa shape index (κ2) is 9.87. The molecule has 0 atom stereocenters. The van der Waals surface area contributed by atoms with Gasteiger partial charge in [-0.3, -0.25) is 14.9 Å². The molecule has 2 aromatic rings. The average molecular weight is 409 g/mol. The maximum absolute atomic E-state index is 12.2. The van der Waals surface area contributed by atoms with Gasteiger partial charge in [-0.15, -0.1) is 0 Å². The number of amides is 1. The monoisotopic (exact) mass is 409 g/mol. The lowest BCUT2D eigenvalue weighted by molar-refractivity contribution is -0.384. The molecule has 0 aliphatic carbocycles. The summed E-state index contributed by atoms with van der Waals surface area (Å²) < 4.78 is 0. The molecule has 30 heavy (non-hydrogen) atoms. The molecule has 3 rings (SSSR count). The minimum absolute atomic E-state index is 0.000116. The van der Waals surface area contributed by atoms with Crippen molar-refractivity contribution in [2.75, 3.05) is 29.9 Å². The van der Waals surface area contributed by atoms with Crippen LogP contribution in [-0.4, -0.2) is 36.7 Å². The Balaban J connectivity index is 1.66. The molecule has 1 heterocycles. The van der Waals surface area contributed by atoms with Gasteiger partial charge in [0, 0.05) is 42.2 Å². The lowest BCUT2D eigenvalue weighted by Crippen LogP contribution is -2.30. The third kappa shape index (κ3) is 5.56. The van der Waals surface area contributed by atoms with Crippen LogP contribution < -0.4 is 15.6 Å². The molecule has 0 radical (unpaired) electrons. The van der Waals surface area contributed by atoms with Crippen molar-refractivity contribution in [1.82, 2.24) is 5.43 Å². The van der Waals surface area contributed by atoms with Gasteiger partial charge in [-0.25, -0.2) is 5.43 Å². The minimum Gasteiger partial charge on any atom is -0.376 e. The molecule has 0 unspecified atom stereocenters. The van der Waals surface area contributed by atoms with Gasteiger partial charge in [0.1, 0.15) is 0 Å². The number of anilines is 2. The molecule has 0 bridgehead atoms. The summed E-state index contributed by atoms with van der Waals surface area (Å²) in [7, 11) is 0. The van der Waals surface area contributed by atoms with Crippen LogP contribution in [0.5, 0.6) is 0 Å². The second-order valence-electron chi connectivity index (χ2n) is 7.51. The first-order valence-electron chi connectivity index (χ1n) is 10.1. The van der Waals surface area contributed by atoms with Crippen LogP contribution >= 0.6 is 0 Å². The zero-order valence-electron chi connectivity index (χ0n) is 17.4. The lowest BCUT2D eigenvalue weighted by atomic mass is 10.1. The fourth-order valence-electron chi connectivity index (χ4n) is 3.50. The first kappa shape index (κ1) is 21.3. The van der Waals surface area contributed by atoms with E-state index in [-0.39, 0.29) is 18.1 Å². The summed E-state index contributed by atoms with van der Waals surface area (Å²) in [5.41, 5.74) is 7.08. The summed E-state index contributed by atoms with van der Waals surface area (Å²) in [4.78, 5) is 25.1. The number of carbonyl (C=O) groups is 1. The predicted octanol–water partition coefficient (Wildman–Crippen LogP) is 3.76. The highest BCUT2D eigenvalue weighted by Crippen LogP contribution is 2.27. The summed E-state index contributed by atoms with van der Waals surface area (Å²) in [6.45, 7) is 5.86. The number of hydrogen-bond donors (Lipinski definition) is 2. The van der Waals surface area contributed by atoms with E-state index in [4.69, 9.17) is 0 Å². The number of carbonyl (C=O) groups excluding carboxylic acids is 1. The summed E-state index contributed by atoms with van der Waals surface area (Å²) >= 11 is 0. The first-order chi connectivity index (χ1) is 14.4. The van der Waals surface area contributed by atoms with E-state index in [1.165, 1.54) is 24.8 Å². The van der Waals surface area contributed by atoms with Crippen LogP contribution in [0.2, 0.25) is 0 Å². The molecule has 1 aliphatic heterocycles. The molecule has 1 aliphatic rings. The Hall–Kier alpha value is -3.42. The van der Waals surface area contributed by atoms with Gasteiger partial charge in [-0.1, -0.05) is 12.1 Å². The average Bonchev–Trinajstić information content (AvgIpc) is 2.75. The molecule has 2 aromatic carbocycles. The molecule has 8 heteroatoms. The van der Waals surface area contributed by atoms with Crippen LogP contribution in [0.25, 0.3) is 0 Å². The van der Waals surface area contributed by atoms with Crippen LogP contribution in [0.4, 0.5) is 17.1 Å². The number of rotatable bonds is 7. The topological polar surface area (TPSA) is 99.9 Å². The highest BCUT2D eigenvalue weighted by Gasteiger charge is 2.17. The Bertz CT molecular complexity index is 952. The summed E-state index contributed by atoms with van der Waals surface area (Å²) in [5, 5.41) is 18.3. The van der Waals surface area contributed by atoms with Crippen LogP contribution in [0.15, 0.2) is 41.5 Å². The van der Waals surface area contributed by atoms with Gasteiger partial charge >= 0.3 is 0 Å². The number of nitro benzene ring substituents is 1. The van der Waals surface area contributed by atoms with Gasteiger partial charge in [-0.05, 0) is 56.4 Å². The molecule has 1 amide bonds. The number of aryl methyl sites for hydroxylation is 2. The van der Waals surface area contributed by atoms with E-state index in [9.17, 15) is 14.9 Å². The molecule has 1 fully saturated rings. The summed E-state index contributed by atoms with van der Waals surface area (Å²) in [5.74, 6) is -0.294. The van der Waals surface area contributed by atoms with Crippen molar-refractivity contribution in [2.45, 2.75) is 33.1 Å². The van der Waals surface area contributed by atoms with Crippen LogP contribution in [0, 0.1) is 24.0 Å². The zero-order chi connectivity index (χ0) is 21.5. The minimum atomic E-state index is -0.427. The molecular weight excluding hydrogens is 382 g/mol. The number of hydrogen-bond acceptors (Lipinski definition) is 6. The van der Waals surface area contributed by atoms with Gasteiger partial charge in [0.15, 0.2) is 0 Å². The molecule has 0 spiro atoms. The van der Waals surface area contributed by atoms with E-state index in [1.54, 1.807) is 6.07 Å². The molecule has 8 nitrogen and oxygen atoms in total. The molecule has 0 aromatic heterocycles. The quantitative estimate of drug-likeness (QED) is 0.412. The van der Waals surface area contributed by atoms with Crippen molar-refractivity contribution in [3.05, 3.63) is 63.2 Å². The summed E-state index contributed by atoms with van der Waals surface area (Å²) in [6.07, 6.45) is 4.85. The predicted molar refractivity (Wildman–Crippen MR) is 119 cm³/mol. The SMILES string of the molecule is Cc1ccc(C)c(NCC(=O)N/N=C/c2cc([N+](=O)[O-])ccc2N2CCCCC2)c1. The number of benzene rings is 2. The smallest absolute Gasteiger partial charge is 0.270 e. The Morgan fingerprint density at radius 1 is 1.17 bits per heavy atom. The van der Waals surface area contributed by atoms with Crippen molar-refractivity contribution in [2.24, 2.45) is 5.10 Å². The normalized spacial score (nSPS) is 14.0. The number of non-ortho nitro benzene ring substituents is 1. The first-order valence-corrected chi connectivity index (χ1v) is 10.1. The third-order valence-corrected chi connectivity index (χ3v) is 5.14. The Morgan fingerprint density at radius 2 is 1.93 bits per heavy atom. The van der Waals surface area contributed by atoms with E-state index < -0.39 is 4.92 Å². The van der Waals surface area contributed by atoms with Gasteiger partial charge in [-0.2, -0.15) is 5.10 Å². The van der Waals surface area contributed by atoms with Crippen molar-refractivity contribution in [3.8, 4) is 0 Å². The second-order valence-corrected chi connectivity index (χ2v) is 7.51. The number of nitro groups is 1. The fourth-order valence-corrected chi connectivity index (χ4v) is 3.50. The Labute approximate surface area is 176 Å². The van der Waals surface area contributed by atoms with Crippen molar-refractivity contribution in [3.63, 3.8) is 0 Å². The van der Waals surface area contributed by atoms with E-state index in [0.717, 1.165) is 48.4 Å². The zero-order valence-corrected chi connectivity index (χ0v) is 17.4. The summed E-state index contributed by atoms with van der Waals surface area (Å²) in [6, 6.07) is 10.8. The van der Waals surface area contributed by atoms with Crippen molar-refractivity contribution >= 4 is 29.2 Å². The molecule has 2 N–H and O–H groups in total. The van der Waals surface area contributed by atoms with Crippen LogP contribution in [0.1, 0.15) is 36.0 Å².